The average Bonchev–Trinajstić information content (AvgIpc) is 2.32. The number of nitrogen functional groups attached to an aromatic ring is 2. The SMILES string of the molecule is CCOC(=O)CCCCCSc1nc(N)cc(N)n1. The van der Waals surface area contributed by atoms with Gasteiger partial charge in [-0.1, -0.05) is 18.2 Å². The molecule has 0 saturated carbocycles. The molecule has 1 rings (SSSR count). The van der Waals surface area contributed by atoms with Gasteiger partial charge in [-0.2, -0.15) is 0 Å². The molecule has 0 amide bonds. The summed E-state index contributed by atoms with van der Waals surface area (Å²) >= 11 is 1.52. The Bertz CT molecular complexity index is 394. The Morgan fingerprint density at radius 1 is 1.26 bits per heavy atom. The zero-order chi connectivity index (χ0) is 14.1. The van der Waals surface area contributed by atoms with E-state index in [0.29, 0.717) is 29.8 Å². The highest BCUT2D eigenvalue weighted by Crippen LogP contribution is 2.18. The largest absolute Gasteiger partial charge is 0.466 e. The molecule has 0 saturated heterocycles. The molecule has 0 bridgehead atoms. The summed E-state index contributed by atoms with van der Waals surface area (Å²) in [5, 5.41) is 0.600. The molecule has 0 fully saturated rings. The number of hydrogen-bond donors (Lipinski definition) is 2. The van der Waals surface area contributed by atoms with Crippen LogP contribution in [0, 0.1) is 0 Å². The molecule has 0 aliphatic carbocycles. The molecule has 0 radical (unpaired) electrons. The second kappa shape index (κ2) is 8.58. The van der Waals surface area contributed by atoms with Crippen LogP contribution in [0.4, 0.5) is 11.6 Å². The summed E-state index contributed by atoms with van der Waals surface area (Å²) in [5.74, 6) is 1.53. The molecule has 7 heteroatoms. The van der Waals surface area contributed by atoms with Crippen LogP contribution in [0.2, 0.25) is 0 Å². The Balaban J connectivity index is 2.12. The van der Waals surface area contributed by atoms with Crippen molar-refractivity contribution in [3.8, 4) is 0 Å². The van der Waals surface area contributed by atoms with E-state index in [1.165, 1.54) is 17.8 Å². The first-order chi connectivity index (χ1) is 9.11. The van der Waals surface area contributed by atoms with Crippen molar-refractivity contribution < 1.29 is 9.53 Å². The maximum absolute atomic E-state index is 11.1. The van der Waals surface area contributed by atoms with Crippen LogP contribution in [-0.4, -0.2) is 28.3 Å². The van der Waals surface area contributed by atoms with Gasteiger partial charge in [0.2, 0.25) is 0 Å². The lowest BCUT2D eigenvalue weighted by Gasteiger charge is -2.03. The Morgan fingerprint density at radius 3 is 2.58 bits per heavy atom. The third-order valence-electron chi connectivity index (χ3n) is 2.31. The second-order valence-electron chi connectivity index (χ2n) is 3.96. The van der Waals surface area contributed by atoms with Crippen molar-refractivity contribution >= 4 is 29.4 Å². The molecule has 0 atom stereocenters. The highest BCUT2D eigenvalue weighted by molar-refractivity contribution is 7.99. The van der Waals surface area contributed by atoms with Gasteiger partial charge in [0.05, 0.1) is 6.61 Å². The molecular weight excluding hydrogens is 264 g/mol. The Labute approximate surface area is 117 Å². The van der Waals surface area contributed by atoms with Gasteiger partial charge in [-0.05, 0) is 19.8 Å². The zero-order valence-corrected chi connectivity index (χ0v) is 11.9. The van der Waals surface area contributed by atoms with Gasteiger partial charge in [-0.15, -0.1) is 0 Å². The fourth-order valence-electron chi connectivity index (χ4n) is 1.47. The molecule has 6 nitrogen and oxygen atoms in total. The van der Waals surface area contributed by atoms with Crippen LogP contribution in [0.25, 0.3) is 0 Å². The molecule has 0 unspecified atom stereocenters. The fourth-order valence-corrected chi connectivity index (χ4v) is 2.34. The Morgan fingerprint density at radius 2 is 1.95 bits per heavy atom. The lowest BCUT2D eigenvalue weighted by atomic mass is 10.2. The number of carbonyl (C=O) groups excluding carboxylic acids is 1. The number of ether oxygens (including phenoxy) is 1. The fraction of sp³-hybridized carbons (Fsp3) is 0.583. The van der Waals surface area contributed by atoms with Crippen LogP contribution < -0.4 is 11.5 Å². The van der Waals surface area contributed by atoms with Gasteiger partial charge in [0.1, 0.15) is 11.6 Å². The minimum absolute atomic E-state index is 0.123. The minimum Gasteiger partial charge on any atom is -0.466 e. The number of thioether (sulfide) groups is 1. The van der Waals surface area contributed by atoms with Gasteiger partial charge in [-0.3, -0.25) is 4.79 Å². The normalized spacial score (nSPS) is 10.4. The predicted molar refractivity (Wildman–Crippen MR) is 76.7 cm³/mol. The van der Waals surface area contributed by atoms with Gasteiger partial charge in [0.15, 0.2) is 5.16 Å². The number of rotatable bonds is 8. The van der Waals surface area contributed by atoms with Crippen LogP contribution in [-0.2, 0) is 9.53 Å². The van der Waals surface area contributed by atoms with E-state index in [0.717, 1.165) is 25.0 Å². The van der Waals surface area contributed by atoms with E-state index in [9.17, 15) is 4.79 Å². The highest BCUT2D eigenvalue weighted by atomic mass is 32.2. The Kier molecular flexibility index (Phi) is 7.02. The number of esters is 1. The topological polar surface area (TPSA) is 104 Å². The van der Waals surface area contributed by atoms with E-state index in [1.807, 2.05) is 6.92 Å². The van der Waals surface area contributed by atoms with Crippen LogP contribution in [0.15, 0.2) is 11.2 Å². The minimum atomic E-state index is -0.123. The van der Waals surface area contributed by atoms with E-state index in [-0.39, 0.29) is 5.97 Å². The molecule has 0 aliphatic heterocycles. The van der Waals surface area contributed by atoms with Crippen molar-refractivity contribution in [2.45, 2.75) is 37.8 Å². The van der Waals surface area contributed by atoms with Gasteiger partial charge in [0, 0.05) is 18.2 Å². The van der Waals surface area contributed by atoms with Gasteiger partial charge < -0.3 is 16.2 Å². The molecule has 0 aliphatic rings. The van der Waals surface area contributed by atoms with Crippen molar-refractivity contribution in [1.82, 2.24) is 9.97 Å². The van der Waals surface area contributed by atoms with Crippen molar-refractivity contribution in [3.63, 3.8) is 0 Å². The van der Waals surface area contributed by atoms with E-state index < -0.39 is 0 Å². The standard InChI is InChI=1S/C12H20N4O2S/c1-2-18-11(17)6-4-3-5-7-19-12-15-9(13)8-10(14)16-12/h8H,2-7H2,1H3,(H4,13,14,15,16). The summed E-state index contributed by atoms with van der Waals surface area (Å²) in [5.41, 5.74) is 11.2. The van der Waals surface area contributed by atoms with Crippen LogP contribution in [0.1, 0.15) is 32.6 Å². The van der Waals surface area contributed by atoms with Crippen molar-refractivity contribution in [2.75, 3.05) is 23.8 Å². The summed E-state index contributed by atoms with van der Waals surface area (Å²) in [6.45, 7) is 2.26. The first-order valence-electron chi connectivity index (χ1n) is 6.30. The number of anilines is 2. The molecule has 1 aromatic rings. The Hall–Kier alpha value is -1.50. The summed E-state index contributed by atoms with van der Waals surface area (Å²) in [6, 6.07) is 1.53. The molecular formula is C12H20N4O2S. The number of nitrogens with zero attached hydrogens (tertiary/aromatic N) is 2. The highest BCUT2D eigenvalue weighted by Gasteiger charge is 2.03. The van der Waals surface area contributed by atoms with E-state index in [2.05, 4.69) is 9.97 Å². The number of nitrogens with two attached hydrogens (primary N) is 2. The first-order valence-corrected chi connectivity index (χ1v) is 7.29. The third-order valence-corrected chi connectivity index (χ3v) is 3.24. The molecule has 4 N–H and O–H groups in total. The summed E-state index contributed by atoms with van der Waals surface area (Å²) in [6.07, 6.45) is 3.30. The molecule has 19 heavy (non-hydrogen) atoms. The number of carbonyl (C=O) groups is 1. The molecule has 0 aromatic carbocycles. The smallest absolute Gasteiger partial charge is 0.305 e. The quantitative estimate of drug-likeness (QED) is 0.325. The van der Waals surface area contributed by atoms with Gasteiger partial charge in [0.25, 0.3) is 0 Å². The van der Waals surface area contributed by atoms with E-state index in [1.54, 1.807) is 0 Å². The maximum atomic E-state index is 11.1. The van der Waals surface area contributed by atoms with Gasteiger partial charge >= 0.3 is 5.97 Å². The van der Waals surface area contributed by atoms with E-state index in [4.69, 9.17) is 16.2 Å². The van der Waals surface area contributed by atoms with Gasteiger partial charge in [-0.25, -0.2) is 9.97 Å². The summed E-state index contributed by atoms with van der Waals surface area (Å²) < 4.78 is 4.85. The average molecular weight is 284 g/mol. The summed E-state index contributed by atoms with van der Waals surface area (Å²) in [7, 11) is 0. The lowest BCUT2D eigenvalue weighted by molar-refractivity contribution is -0.143. The maximum Gasteiger partial charge on any atom is 0.305 e. The number of unbranched alkanes of at least 4 members (excludes halogenated alkanes) is 2. The van der Waals surface area contributed by atoms with Crippen molar-refractivity contribution in [3.05, 3.63) is 6.07 Å². The second-order valence-corrected chi connectivity index (χ2v) is 5.03. The van der Waals surface area contributed by atoms with E-state index >= 15 is 0 Å². The number of aromatic nitrogens is 2. The summed E-state index contributed by atoms with van der Waals surface area (Å²) in [4.78, 5) is 19.3. The third kappa shape index (κ3) is 6.85. The van der Waals surface area contributed by atoms with Crippen molar-refractivity contribution in [1.29, 1.82) is 0 Å². The monoisotopic (exact) mass is 284 g/mol. The zero-order valence-electron chi connectivity index (χ0n) is 11.1. The predicted octanol–water partition coefficient (Wildman–Crippen LogP) is 1.86. The van der Waals surface area contributed by atoms with Crippen LogP contribution >= 0.6 is 11.8 Å². The molecule has 106 valence electrons. The lowest BCUT2D eigenvalue weighted by Crippen LogP contribution is -2.03. The van der Waals surface area contributed by atoms with Crippen LogP contribution in [0.5, 0.6) is 0 Å². The molecule has 1 heterocycles. The van der Waals surface area contributed by atoms with Crippen LogP contribution in [0.3, 0.4) is 0 Å². The molecule has 0 spiro atoms. The van der Waals surface area contributed by atoms with Crippen molar-refractivity contribution in [2.24, 2.45) is 0 Å². The number of hydrogen-bond acceptors (Lipinski definition) is 7. The first kappa shape index (κ1) is 15.6. The molecule has 1 aromatic heterocycles.